The lowest BCUT2D eigenvalue weighted by Gasteiger charge is -2.30. The summed E-state index contributed by atoms with van der Waals surface area (Å²) in [5, 5.41) is 3.09. The molecule has 4 heterocycles. The third-order valence-corrected chi connectivity index (χ3v) is 13.3. The van der Waals surface area contributed by atoms with E-state index in [1.54, 1.807) is 57.3 Å². The van der Waals surface area contributed by atoms with Crippen LogP contribution >= 0.6 is 11.6 Å². The SMILES string of the molecule is COc1ccc2c(O[C@@H]3C[C@H]4C(=O)N[C@]5(C(=O)NS(=O)(=O)C6CC6)C[C@H]5C=CCCCCC[C@H](CC(=O)OC(C)(C)C)C(=O)N4C3)cc(-c3ccccn3)nc2c1Cl. The lowest BCUT2D eigenvalue weighted by atomic mass is 9.95. The number of ether oxygens (including phenoxy) is 3. The fraction of sp³-hybridized carbons (Fsp3) is 0.524. The van der Waals surface area contributed by atoms with E-state index >= 15 is 0 Å². The molecule has 2 N–H and O–H groups in total. The summed E-state index contributed by atoms with van der Waals surface area (Å²) in [6.07, 6.45) is 9.05. The van der Waals surface area contributed by atoms with E-state index < -0.39 is 74.1 Å². The molecule has 1 saturated heterocycles. The molecule has 5 atom stereocenters. The molecule has 3 aromatic rings. The molecule has 0 unspecified atom stereocenters. The van der Waals surface area contributed by atoms with Gasteiger partial charge in [-0.3, -0.25) is 28.9 Å². The predicted molar refractivity (Wildman–Crippen MR) is 216 cm³/mol. The third kappa shape index (κ3) is 9.10. The molecule has 0 spiro atoms. The molecule has 310 valence electrons. The zero-order chi connectivity index (χ0) is 41.4. The molecule has 2 aliphatic heterocycles. The highest BCUT2D eigenvalue weighted by Crippen LogP contribution is 2.46. The smallest absolute Gasteiger partial charge is 0.307 e. The fourth-order valence-electron chi connectivity index (χ4n) is 7.85. The Morgan fingerprint density at radius 3 is 2.55 bits per heavy atom. The van der Waals surface area contributed by atoms with Gasteiger partial charge in [-0.15, -0.1) is 0 Å². The fourth-order valence-corrected chi connectivity index (χ4v) is 9.50. The van der Waals surface area contributed by atoms with Gasteiger partial charge in [-0.25, -0.2) is 13.4 Å². The standard InChI is InChI=1S/C42H50ClN5O9S/c1-41(2,3)57-35(49)20-25-12-8-6-5-7-9-13-26-23-42(26,40(52)47-58(53,54)28-15-16-28)46-38(50)32-21-27(24-48(32)39(25)51)56-34-22-31(30-14-10-11-19-44-30)45-37-29(34)17-18-33(55-4)36(37)43/h9-11,13-14,17-19,22,25-28,32H,5-8,12,15-16,20-21,23-24H2,1-4H3,(H,46,50)(H,47,52)/t25-,26-,27-,32+,42-/m1/s1. The van der Waals surface area contributed by atoms with E-state index in [1.165, 1.54) is 12.0 Å². The second-order valence-corrected chi connectivity index (χ2v) is 19.0. The number of halogens is 1. The topological polar surface area (TPSA) is 183 Å². The number of rotatable bonds is 9. The maximum atomic E-state index is 14.7. The highest BCUT2D eigenvalue weighted by Gasteiger charge is 2.62. The van der Waals surface area contributed by atoms with Crippen LogP contribution < -0.4 is 19.5 Å². The quantitative estimate of drug-likeness (QED) is 0.201. The van der Waals surface area contributed by atoms with Crippen LogP contribution in [0.5, 0.6) is 11.5 Å². The van der Waals surface area contributed by atoms with Gasteiger partial charge in [0.2, 0.25) is 21.8 Å². The van der Waals surface area contributed by atoms with Crippen LogP contribution in [0.2, 0.25) is 5.02 Å². The average molecular weight is 836 g/mol. The van der Waals surface area contributed by atoms with E-state index in [9.17, 15) is 27.6 Å². The molecular formula is C42H50ClN5O9S. The van der Waals surface area contributed by atoms with Gasteiger partial charge in [-0.05, 0) is 83.6 Å². The van der Waals surface area contributed by atoms with Crippen LogP contribution in [0.3, 0.4) is 0 Å². The van der Waals surface area contributed by atoms with Gasteiger partial charge in [0.25, 0.3) is 5.91 Å². The molecule has 2 aromatic heterocycles. The molecule has 3 amide bonds. The summed E-state index contributed by atoms with van der Waals surface area (Å²) in [6.45, 7) is 5.26. The number of aromatic nitrogens is 2. The van der Waals surface area contributed by atoms with Crippen molar-refractivity contribution in [1.82, 2.24) is 24.9 Å². The van der Waals surface area contributed by atoms with Gasteiger partial charge in [-0.2, -0.15) is 0 Å². The number of nitrogens with one attached hydrogen (secondary N) is 2. The van der Waals surface area contributed by atoms with Crippen molar-refractivity contribution in [2.24, 2.45) is 11.8 Å². The molecule has 16 heteroatoms. The second kappa shape index (κ2) is 16.5. The maximum absolute atomic E-state index is 14.7. The number of fused-ring (bicyclic) bond motifs is 3. The van der Waals surface area contributed by atoms with Crippen molar-refractivity contribution in [3.63, 3.8) is 0 Å². The monoisotopic (exact) mass is 835 g/mol. The van der Waals surface area contributed by atoms with Gasteiger partial charge in [-0.1, -0.05) is 42.7 Å². The summed E-state index contributed by atoms with van der Waals surface area (Å²) in [5.41, 5.74) is -0.849. The van der Waals surface area contributed by atoms with Crippen LogP contribution in [-0.2, 0) is 33.9 Å². The first-order valence-electron chi connectivity index (χ1n) is 19.9. The summed E-state index contributed by atoms with van der Waals surface area (Å²) >= 11 is 6.79. The van der Waals surface area contributed by atoms with Crippen LogP contribution in [0, 0.1) is 11.8 Å². The first-order valence-corrected chi connectivity index (χ1v) is 21.8. The van der Waals surface area contributed by atoms with E-state index in [-0.39, 0.29) is 30.8 Å². The summed E-state index contributed by atoms with van der Waals surface area (Å²) < 4.78 is 45.9. The van der Waals surface area contributed by atoms with Gasteiger partial charge in [0.15, 0.2) is 0 Å². The van der Waals surface area contributed by atoms with Crippen molar-refractivity contribution < 1.29 is 41.8 Å². The van der Waals surface area contributed by atoms with Gasteiger partial charge in [0.05, 0.1) is 42.2 Å². The number of nitrogens with zero attached hydrogens (tertiary/aromatic N) is 3. The Bertz CT molecular complexity index is 2230. The lowest BCUT2D eigenvalue weighted by Crippen LogP contribution is -2.57. The lowest BCUT2D eigenvalue weighted by molar-refractivity contribution is -0.159. The van der Waals surface area contributed by atoms with Crippen molar-refractivity contribution in [2.45, 2.75) is 114 Å². The highest BCUT2D eigenvalue weighted by atomic mass is 35.5. The number of amides is 3. The predicted octanol–water partition coefficient (Wildman–Crippen LogP) is 5.66. The number of hydrogen-bond donors (Lipinski definition) is 2. The van der Waals surface area contributed by atoms with Crippen LogP contribution in [0.4, 0.5) is 0 Å². The number of allylic oxidation sites excluding steroid dienone is 1. The molecule has 58 heavy (non-hydrogen) atoms. The van der Waals surface area contributed by atoms with Crippen molar-refractivity contribution in [3.8, 4) is 22.9 Å². The molecule has 14 nitrogen and oxygen atoms in total. The first-order chi connectivity index (χ1) is 27.6. The summed E-state index contributed by atoms with van der Waals surface area (Å²) in [6, 6.07) is 9.50. The molecule has 1 aromatic carbocycles. The number of esters is 1. The van der Waals surface area contributed by atoms with Crippen molar-refractivity contribution in [2.75, 3.05) is 13.7 Å². The Morgan fingerprint density at radius 1 is 1.05 bits per heavy atom. The van der Waals surface area contributed by atoms with Gasteiger partial charge in [0.1, 0.15) is 39.8 Å². The van der Waals surface area contributed by atoms with E-state index in [0.717, 1.165) is 12.8 Å². The highest BCUT2D eigenvalue weighted by molar-refractivity contribution is 7.91. The Morgan fingerprint density at radius 2 is 1.84 bits per heavy atom. The number of carbonyl (C=O) groups is 4. The van der Waals surface area contributed by atoms with Crippen LogP contribution in [0.1, 0.15) is 85.0 Å². The van der Waals surface area contributed by atoms with Crippen LogP contribution in [-0.4, -0.2) is 89.2 Å². The molecule has 0 bridgehead atoms. The Labute approximate surface area is 343 Å². The summed E-state index contributed by atoms with van der Waals surface area (Å²) in [7, 11) is -2.41. The number of hydrogen-bond acceptors (Lipinski definition) is 11. The molecule has 7 rings (SSSR count). The number of benzene rings is 1. The largest absolute Gasteiger partial charge is 0.495 e. The third-order valence-electron chi connectivity index (χ3n) is 11.1. The maximum Gasteiger partial charge on any atom is 0.307 e. The minimum Gasteiger partial charge on any atom is -0.495 e. The Kier molecular flexibility index (Phi) is 11.8. The minimum atomic E-state index is -3.91. The Balaban J connectivity index is 1.24. The van der Waals surface area contributed by atoms with Crippen LogP contribution in [0.15, 0.2) is 54.7 Å². The molecular weight excluding hydrogens is 786 g/mol. The van der Waals surface area contributed by atoms with Gasteiger partial charge >= 0.3 is 5.97 Å². The Hall–Kier alpha value is -4.76. The molecule has 4 aliphatic rings. The zero-order valence-electron chi connectivity index (χ0n) is 33.2. The van der Waals surface area contributed by atoms with Crippen LogP contribution in [0.25, 0.3) is 22.3 Å². The van der Waals surface area contributed by atoms with E-state index in [4.69, 9.17) is 30.8 Å². The van der Waals surface area contributed by atoms with Gasteiger partial charge < -0.3 is 24.4 Å². The number of carbonyl (C=O) groups excluding carboxylic acids is 4. The average Bonchev–Trinajstić information content (AvgIpc) is 4.10. The number of methoxy groups -OCH3 is 1. The van der Waals surface area contributed by atoms with Gasteiger partial charge in [0, 0.05) is 35.9 Å². The van der Waals surface area contributed by atoms with E-state index in [1.807, 2.05) is 18.2 Å². The summed E-state index contributed by atoms with van der Waals surface area (Å²) in [5.74, 6) is -2.79. The number of pyridine rings is 2. The van der Waals surface area contributed by atoms with Crippen molar-refractivity contribution >= 4 is 56.2 Å². The van der Waals surface area contributed by atoms with Crippen molar-refractivity contribution in [3.05, 3.63) is 59.8 Å². The zero-order valence-corrected chi connectivity index (χ0v) is 34.7. The molecule has 2 saturated carbocycles. The normalized spacial score (nSPS) is 25.4. The molecule has 0 radical (unpaired) electrons. The first kappa shape index (κ1) is 41.4. The number of sulfonamides is 1. The second-order valence-electron chi connectivity index (χ2n) is 16.7. The minimum absolute atomic E-state index is 0.0209. The molecule has 3 fully saturated rings. The van der Waals surface area contributed by atoms with E-state index in [0.29, 0.717) is 65.9 Å². The molecule has 2 aliphatic carbocycles. The van der Waals surface area contributed by atoms with E-state index in [2.05, 4.69) is 15.0 Å². The van der Waals surface area contributed by atoms with Crippen molar-refractivity contribution in [1.29, 1.82) is 0 Å². The summed E-state index contributed by atoms with van der Waals surface area (Å²) in [4.78, 5) is 67.0.